The molecule has 0 spiro atoms. The van der Waals surface area contributed by atoms with Gasteiger partial charge in [0.1, 0.15) is 16.1 Å². The Morgan fingerprint density at radius 3 is 1.30 bits per heavy atom. The number of aryl methyl sites for hydroxylation is 2. The van der Waals surface area contributed by atoms with Crippen LogP contribution < -0.4 is 20.7 Å². The molecule has 0 amide bonds. The summed E-state index contributed by atoms with van der Waals surface area (Å²) in [5.41, 5.74) is 2.90. The van der Waals surface area contributed by atoms with Crippen molar-refractivity contribution in [2.75, 3.05) is 0 Å². The van der Waals surface area contributed by atoms with Crippen LogP contribution in [0.3, 0.4) is 0 Å². The summed E-state index contributed by atoms with van der Waals surface area (Å²) in [6, 6.07) is 14.3. The van der Waals surface area contributed by atoms with E-state index in [-0.39, 0.29) is 0 Å². The summed E-state index contributed by atoms with van der Waals surface area (Å²) in [4.78, 5) is 0. The molecule has 2 aromatic rings. The Morgan fingerprint density at radius 1 is 0.600 bits per heavy atom. The molecule has 0 saturated heterocycles. The zero-order valence-electron chi connectivity index (χ0n) is 13.5. The van der Waals surface area contributed by atoms with E-state index in [0.717, 1.165) is 0 Å². The average molecular weight is 297 g/mol. The highest BCUT2D eigenvalue weighted by atomic mass is 28.3. The first-order valence-electron chi connectivity index (χ1n) is 7.48. The number of rotatable bonds is 0. The van der Waals surface area contributed by atoms with Gasteiger partial charge in [-0.15, -0.1) is 0 Å². The van der Waals surface area contributed by atoms with Crippen LogP contribution in [-0.4, -0.2) is 16.1 Å². The van der Waals surface area contributed by atoms with Gasteiger partial charge >= 0.3 is 0 Å². The first-order chi connectivity index (χ1) is 9.26. The van der Waals surface area contributed by atoms with Crippen molar-refractivity contribution >= 4 is 36.9 Å². The summed E-state index contributed by atoms with van der Waals surface area (Å²) in [5.74, 6) is 0. The SMILES string of the molecule is Cc1cc2c(cc1C)[Si](C)(C)c1ccccc1[Si]2(C)C. The van der Waals surface area contributed by atoms with Crippen LogP contribution in [0.25, 0.3) is 0 Å². The van der Waals surface area contributed by atoms with Gasteiger partial charge < -0.3 is 0 Å². The molecule has 0 radical (unpaired) electrons. The fraction of sp³-hybridized carbons (Fsp3) is 0.333. The van der Waals surface area contributed by atoms with Crippen LogP contribution in [-0.2, 0) is 0 Å². The molecule has 2 heteroatoms. The van der Waals surface area contributed by atoms with Gasteiger partial charge in [-0.25, -0.2) is 0 Å². The van der Waals surface area contributed by atoms with Gasteiger partial charge in [-0.05, 0) is 25.0 Å². The van der Waals surface area contributed by atoms with Crippen LogP contribution in [0.2, 0.25) is 26.2 Å². The molecule has 1 aliphatic heterocycles. The summed E-state index contributed by atoms with van der Waals surface area (Å²) in [5, 5.41) is 6.73. The van der Waals surface area contributed by atoms with Crippen LogP contribution in [0.5, 0.6) is 0 Å². The van der Waals surface area contributed by atoms with Gasteiger partial charge in [0.05, 0.1) is 0 Å². The number of hydrogen-bond donors (Lipinski definition) is 0. The van der Waals surface area contributed by atoms with Crippen molar-refractivity contribution < 1.29 is 0 Å². The Hall–Kier alpha value is -1.13. The van der Waals surface area contributed by atoms with E-state index in [1.165, 1.54) is 11.1 Å². The monoisotopic (exact) mass is 296 g/mol. The fourth-order valence-corrected chi connectivity index (χ4v) is 13.2. The highest BCUT2D eigenvalue weighted by molar-refractivity contribution is 7.16. The standard InChI is InChI=1S/C18H24Si2/c1-13-11-17-18(12-14(13)2)20(5,6)16-10-8-7-9-15(16)19(17,3)4/h7-12H,1-6H3. The lowest BCUT2D eigenvalue weighted by atomic mass is 10.1. The van der Waals surface area contributed by atoms with Crippen LogP contribution in [0, 0.1) is 13.8 Å². The molecule has 0 aliphatic carbocycles. The van der Waals surface area contributed by atoms with Gasteiger partial charge in [-0.2, -0.15) is 0 Å². The molecule has 0 aromatic heterocycles. The van der Waals surface area contributed by atoms with Crippen molar-refractivity contribution in [1.29, 1.82) is 0 Å². The molecule has 0 unspecified atom stereocenters. The smallest absolute Gasteiger partial charge is 0.0627 e. The predicted octanol–water partition coefficient (Wildman–Crippen LogP) is 2.26. The van der Waals surface area contributed by atoms with E-state index in [9.17, 15) is 0 Å². The normalized spacial score (nSPS) is 18.3. The second-order valence-electron chi connectivity index (χ2n) is 7.28. The molecule has 0 saturated carbocycles. The van der Waals surface area contributed by atoms with Gasteiger partial charge in [0, 0.05) is 0 Å². The lowest BCUT2D eigenvalue weighted by molar-refractivity contribution is 1.36. The molecule has 0 fully saturated rings. The van der Waals surface area contributed by atoms with Crippen molar-refractivity contribution in [3.05, 3.63) is 47.5 Å². The van der Waals surface area contributed by atoms with E-state index < -0.39 is 16.1 Å². The van der Waals surface area contributed by atoms with Crippen LogP contribution in [0.15, 0.2) is 36.4 Å². The largest absolute Gasteiger partial charge is 0.111 e. The molecule has 0 bridgehead atoms. The summed E-state index contributed by atoms with van der Waals surface area (Å²) in [7, 11) is -3.08. The van der Waals surface area contributed by atoms with Crippen molar-refractivity contribution in [3.8, 4) is 0 Å². The Bertz CT molecular complexity index is 637. The molecule has 0 N–H and O–H groups in total. The highest BCUT2D eigenvalue weighted by Crippen LogP contribution is 2.17. The van der Waals surface area contributed by atoms with Crippen molar-refractivity contribution in [2.45, 2.75) is 40.0 Å². The topological polar surface area (TPSA) is 0 Å². The van der Waals surface area contributed by atoms with E-state index >= 15 is 0 Å². The minimum Gasteiger partial charge on any atom is -0.0627 e. The first kappa shape index (κ1) is 13.8. The van der Waals surface area contributed by atoms with E-state index in [0.29, 0.717) is 0 Å². The molecule has 104 valence electrons. The molecule has 3 rings (SSSR count). The van der Waals surface area contributed by atoms with Gasteiger partial charge in [0.2, 0.25) is 0 Å². The Morgan fingerprint density at radius 2 is 0.950 bits per heavy atom. The van der Waals surface area contributed by atoms with Crippen molar-refractivity contribution in [3.63, 3.8) is 0 Å². The van der Waals surface area contributed by atoms with E-state index in [1.807, 2.05) is 0 Å². The van der Waals surface area contributed by atoms with E-state index in [4.69, 9.17) is 0 Å². The van der Waals surface area contributed by atoms with Gasteiger partial charge in [0.15, 0.2) is 0 Å². The quantitative estimate of drug-likeness (QED) is 0.654. The molecule has 0 nitrogen and oxygen atoms in total. The Balaban J connectivity index is 2.42. The maximum Gasteiger partial charge on any atom is 0.111 e. The van der Waals surface area contributed by atoms with E-state index in [1.54, 1.807) is 20.7 Å². The zero-order valence-corrected chi connectivity index (χ0v) is 15.5. The number of hydrogen-bond acceptors (Lipinski definition) is 0. The maximum atomic E-state index is 2.52. The first-order valence-corrected chi connectivity index (χ1v) is 13.5. The zero-order chi connectivity index (χ0) is 14.7. The molecule has 1 aliphatic rings. The van der Waals surface area contributed by atoms with Crippen LogP contribution in [0.4, 0.5) is 0 Å². The predicted molar refractivity (Wildman–Crippen MR) is 95.9 cm³/mol. The fourth-order valence-electron chi connectivity index (χ4n) is 3.71. The summed E-state index contributed by atoms with van der Waals surface area (Å²) in [6.07, 6.45) is 0. The maximum absolute atomic E-state index is 2.52. The average Bonchev–Trinajstić information content (AvgIpc) is 2.40. The third kappa shape index (κ3) is 1.71. The van der Waals surface area contributed by atoms with Crippen LogP contribution >= 0.6 is 0 Å². The molecular weight excluding hydrogens is 272 g/mol. The Kier molecular flexibility index (Phi) is 2.90. The Labute approximate surface area is 124 Å². The molecular formula is C18H24Si2. The van der Waals surface area contributed by atoms with Gasteiger partial charge in [-0.3, -0.25) is 0 Å². The van der Waals surface area contributed by atoms with Crippen molar-refractivity contribution in [2.24, 2.45) is 0 Å². The highest BCUT2D eigenvalue weighted by Gasteiger charge is 2.43. The molecule has 0 atom stereocenters. The second-order valence-corrected chi connectivity index (χ2v) is 15.9. The molecule has 1 heterocycles. The number of fused-ring (bicyclic) bond motifs is 2. The molecule has 20 heavy (non-hydrogen) atoms. The molecule has 2 aromatic carbocycles. The van der Waals surface area contributed by atoms with Gasteiger partial charge in [-0.1, -0.05) is 83.3 Å². The summed E-state index contributed by atoms with van der Waals surface area (Å²) in [6.45, 7) is 14.6. The summed E-state index contributed by atoms with van der Waals surface area (Å²) >= 11 is 0. The lowest BCUT2D eigenvalue weighted by Gasteiger charge is -2.42. The minimum absolute atomic E-state index is 1.45. The van der Waals surface area contributed by atoms with E-state index in [2.05, 4.69) is 76.4 Å². The van der Waals surface area contributed by atoms with Gasteiger partial charge in [0.25, 0.3) is 0 Å². The minimum atomic E-state index is -1.54. The number of benzene rings is 2. The second kappa shape index (κ2) is 4.18. The van der Waals surface area contributed by atoms with Crippen LogP contribution in [0.1, 0.15) is 11.1 Å². The lowest BCUT2D eigenvalue weighted by Crippen LogP contribution is -2.78. The summed E-state index contributed by atoms with van der Waals surface area (Å²) < 4.78 is 0. The van der Waals surface area contributed by atoms with Crippen molar-refractivity contribution in [1.82, 2.24) is 0 Å². The third-order valence-corrected chi connectivity index (χ3v) is 12.8. The third-order valence-electron chi connectivity index (χ3n) is 5.25.